The normalized spacial score (nSPS) is 9.44. The van der Waals surface area contributed by atoms with Gasteiger partial charge >= 0.3 is 0 Å². The molecule has 0 heterocycles. The summed E-state index contributed by atoms with van der Waals surface area (Å²) in [5, 5.41) is 7.00. The highest BCUT2D eigenvalue weighted by atomic mass is 35.6. The fourth-order valence-corrected chi connectivity index (χ4v) is 0. The zero-order valence-electron chi connectivity index (χ0n) is 4.57. The molecule has 0 aliphatic rings. The van der Waals surface area contributed by atoms with Gasteiger partial charge in [-0.05, 0) is 0 Å². The number of hydrogen-bond acceptors (Lipinski definition) is 2. The van der Waals surface area contributed by atoms with Crippen molar-refractivity contribution in [3.63, 3.8) is 0 Å². The first kappa shape index (κ1) is 12.0. The van der Waals surface area contributed by atoms with E-state index in [1.54, 1.807) is 0 Å². The van der Waals surface area contributed by atoms with E-state index in [0.717, 1.165) is 7.11 Å². The quantitative estimate of drug-likeness (QED) is 0.550. The molecule has 0 rings (SSSR count). The first-order chi connectivity index (χ1) is 3.94. The summed E-state index contributed by atoms with van der Waals surface area (Å²) in [6, 6.07) is 0. The molecule has 0 unspecified atom stereocenters. The molecule has 6 heteroatoms. The van der Waals surface area contributed by atoms with Gasteiger partial charge in [0.25, 0.3) is 9.70 Å². The van der Waals surface area contributed by atoms with E-state index in [-0.39, 0.29) is 0 Å². The van der Waals surface area contributed by atoms with Gasteiger partial charge in [-0.2, -0.15) is 0 Å². The molecule has 0 fully saturated rings. The topological polar surface area (TPSA) is 63.3 Å². The third-order valence-electron chi connectivity index (χ3n) is 0.279. The second kappa shape index (κ2) is 5.11. The molecule has 56 valence electrons. The van der Waals surface area contributed by atoms with Gasteiger partial charge in [-0.15, -0.1) is 0 Å². The van der Waals surface area contributed by atoms with Crippen LogP contribution in [0.1, 0.15) is 0 Å². The SMILES string of the molecule is CO.NC(=O)C(Cl)(Cl)Cl. The van der Waals surface area contributed by atoms with Gasteiger partial charge in [0.1, 0.15) is 0 Å². The molecule has 0 atom stereocenters. The summed E-state index contributed by atoms with van der Waals surface area (Å²) in [6.45, 7) is 0. The number of aliphatic hydroxyl groups is 1. The van der Waals surface area contributed by atoms with Gasteiger partial charge in [0, 0.05) is 7.11 Å². The van der Waals surface area contributed by atoms with Crippen LogP contribution in [-0.2, 0) is 4.79 Å². The van der Waals surface area contributed by atoms with Crippen LogP contribution in [0, 0.1) is 0 Å². The fraction of sp³-hybridized carbons (Fsp3) is 0.667. The molecule has 0 aliphatic heterocycles. The average Bonchev–Trinajstić information content (AvgIpc) is 1.69. The molecular formula is C3H6Cl3NO2. The molecule has 3 nitrogen and oxygen atoms in total. The molecule has 9 heavy (non-hydrogen) atoms. The zero-order valence-corrected chi connectivity index (χ0v) is 6.83. The van der Waals surface area contributed by atoms with Crippen molar-refractivity contribution < 1.29 is 9.90 Å². The van der Waals surface area contributed by atoms with Crippen molar-refractivity contribution in [3.8, 4) is 0 Å². The average molecular weight is 194 g/mol. The number of carbonyl (C=O) groups excluding carboxylic acids is 1. The van der Waals surface area contributed by atoms with Crippen molar-refractivity contribution in [2.24, 2.45) is 5.73 Å². The molecule has 0 spiro atoms. The van der Waals surface area contributed by atoms with Gasteiger partial charge in [0.15, 0.2) is 0 Å². The molecular weight excluding hydrogens is 188 g/mol. The van der Waals surface area contributed by atoms with E-state index in [1.165, 1.54) is 0 Å². The van der Waals surface area contributed by atoms with Crippen LogP contribution >= 0.6 is 34.8 Å². The summed E-state index contributed by atoms with van der Waals surface area (Å²) in [4.78, 5) is 9.85. The predicted molar refractivity (Wildman–Crippen MR) is 37.6 cm³/mol. The van der Waals surface area contributed by atoms with Gasteiger partial charge in [-0.1, -0.05) is 34.8 Å². The molecule has 0 saturated heterocycles. The van der Waals surface area contributed by atoms with Gasteiger partial charge < -0.3 is 10.8 Å². The van der Waals surface area contributed by atoms with Crippen LogP contribution in [-0.4, -0.2) is 21.9 Å². The molecule has 1 amide bonds. The number of hydrogen-bond donors (Lipinski definition) is 2. The van der Waals surface area contributed by atoms with E-state index in [0.29, 0.717) is 0 Å². The van der Waals surface area contributed by atoms with Crippen molar-refractivity contribution >= 4 is 40.7 Å². The maximum absolute atomic E-state index is 9.85. The highest BCUT2D eigenvalue weighted by Crippen LogP contribution is 2.24. The Morgan fingerprint density at radius 2 is 1.56 bits per heavy atom. The standard InChI is InChI=1S/C2H2Cl3NO.CH4O/c3-2(4,5)1(6)7;1-2/h(H2,6,7);2H,1H3. The van der Waals surface area contributed by atoms with E-state index in [4.69, 9.17) is 39.9 Å². The maximum Gasteiger partial charge on any atom is 0.269 e. The Morgan fingerprint density at radius 3 is 1.56 bits per heavy atom. The third kappa shape index (κ3) is 8.30. The molecule has 0 radical (unpaired) electrons. The molecule has 0 aromatic carbocycles. The summed E-state index contributed by atoms with van der Waals surface area (Å²) in [6.07, 6.45) is 0. The van der Waals surface area contributed by atoms with E-state index in [1.807, 2.05) is 0 Å². The number of nitrogens with two attached hydrogens (primary N) is 1. The van der Waals surface area contributed by atoms with E-state index < -0.39 is 9.70 Å². The first-order valence-electron chi connectivity index (χ1n) is 1.76. The minimum absolute atomic E-state index is 0.961. The molecule has 0 bridgehead atoms. The molecule has 3 N–H and O–H groups in total. The number of primary amides is 1. The van der Waals surface area contributed by atoms with E-state index in [9.17, 15) is 4.79 Å². The van der Waals surface area contributed by atoms with Crippen LogP contribution in [0.4, 0.5) is 0 Å². The summed E-state index contributed by atoms with van der Waals surface area (Å²) in [7, 11) is 1.00. The van der Waals surface area contributed by atoms with Crippen molar-refractivity contribution in [1.82, 2.24) is 0 Å². The Morgan fingerprint density at radius 1 is 1.44 bits per heavy atom. The second-order valence-electron chi connectivity index (χ2n) is 0.862. The minimum atomic E-state index is -1.94. The van der Waals surface area contributed by atoms with Gasteiger partial charge in [-0.25, -0.2) is 0 Å². The van der Waals surface area contributed by atoms with Gasteiger partial charge in [0.2, 0.25) is 0 Å². The lowest BCUT2D eigenvalue weighted by Crippen LogP contribution is -2.27. The Balaban J connectivity index is 0. The predicted octanol–water partition coefficient (Wildman–Crippen LogP) is 0.450. The third-order valence-corrected chi connectivity index (χ3v) is 0.838. The number of carbonyl (C=O) groups is 1. The van der Waals surface area contributed by atoms with Crippen molar-refractivity contribution in [2.75, 3.05) is 7.11 Å². The first-order valence-corrected chi connectivity index (χ1v) is 2.89. The van der Waals surface area contributed by atoms with Crippen LogP contribution in [0.15, 0.2) is 0 Å². The lowest BCUT2D eigenvalue weighted by atomic mass is 10.7. The van der Waals surface area contributed by atoms with Crippen LogP contribution in [0.3, 0.4) is 0 Å². The van der Waals surface area contributed by atoms with Crippen molar-refractivity contribution in [1.29, 1.82) is 0 Å². The van der Waals surface area contributed by atoms with E-state index >= 15 is 0 Å². The van der Waals surface area contributed by atoms with Crippen LogP contribution in [0.5, 0.6) is 0 Å². The number of rotatable bonds is 0. The smallest absolute Gasteiger partial charge is 0.269 e. The lowest BCUT2D eigenvalue weighted by Gasteiger charge is -2.01. The molecule has 0 aromatic heterocycles. The largest absolute Gasteiger partial charge is 0.400 e. The Bertz CT molecular complexity index is 89.5. The Labute approximate surface area is 67.7 Å². The summed E-state index contributed by atoms with van der Waals surface area (Å²) in [5.74, 6) is -0.961. The summed E-state index contributed by atoms with van der Waals surface area (Å²) >= 11 is 14.8. The highest BCUT2D eigenvalue weighted by molar-refractivity contribution is 6.76. The fourth-order valence-electron chi connectivity index (χ4n) is 0. The number of alkyl halides is 3. The number of amides is 1. The van der Waals surface area contributed by atoms with Crippen LogP contribution in [0.2, 0.25) is 0 Å². The van der Waals surface area contributed by atoms with Crippen molar-refractivity contribution in [2.45, 2.75) is 3.79 Å². The van der Waals surface area contributed by atoms with Gasteiger partial charge in [0.05, 0.1) is 0 Å². The minimum Gasteiger partial charge on any atom is -0.400 e. The van der Waals surface area contributed by atoms with Gasteiger partial charge in [-0.3, -0.25) is 4.79 Å². The number of aliphatic hydroxyl groups excluding tert-OH is 1. The Kier molecular flexibility index (Phi) is 6.83. The van der Waals surface area contributed by atoms with Crippen LogP contribution in [0.25, 0.3) is 0 Å². The summed E-state index contributed by atoms with van der Waals surface area (Å²) in [5.41, 5.74) is 4.53. The summed E-state index contributed by atoms with van der Waals surface area (Å²) < 4.78 is -1.94. The van der Waals surface area contributed by atoms with Crippen molar-refractivity contribution in [3.05, 3.63) is 0 Å². The van der Waals surface area contributed by atoms with E-state index in [2.05, 4.69) is 5.73 Å². The monoisotopic (exact) mass is 193 g/mol. The maximum atomic E-state index is 9.85. The molecule has 0 aliphatic carbocycles. The lowest BCUT2D eigenvalue weighted by molar-refractivity contribution is -0.117. The second-order valence-corrected chi connectivity index (χ2v) is 3.14. The highest BCUT2D eigenvalue weighted by Gasteiger charge is 2.26. The molecule has 0 saturated carbocycles. The molecule has 0 aromatic rings. The number of halogens is 3. The zero-order chi connectivity index (χ0) is 8.08. The Hall–Kier alpha value is 0.300. The van der Waals surface area contributed by atoms with Crippen LogP contribution < -0.4 is 5.73 Å².